The number of esters is 5. The van der Waals surface area contributed by atoms with Crippen LogP contribution in [0.1, 0.15) is 90.7 Å². The summed E-state index contributed by atoms with van der Waals surface area (Å²) in [6.45, 7) is 4.77. The molecular formula is C37H49NO13S. The summed E-state index contributed by atoms with van der Waals surface area (Å²) in [6, 6.07) is 5.73. The summed E-state index contributed by atoms with van der Waals surface area (Å²) in [5, 5.41) is 12.7. The number of nitrogens with one attached hydrogen (secondary N) is 1. The van der Waals surface area contributed by atoms with Crippen molar-refractivity contribution in [3.05, 3.63) is 35.4 Å². The standard InChI is InChI=1S/C37H49NO13S/c1-20(40)38-32-30(48-22(3)42)16-37(35(45)47-18-29-9-7-6-8-28(29)17-39,52-36-13-25-10-26(14-36)12-27(11-25)15-36)51-34(32)33(50-24(5)44)31(49-23(4)43)19-46-21(2)41/h6-9,25-27,30-34,39H,10-19H2,1-5H3,(H,38,40)/t25?,26?,27?,30-,31+,32+,33+,34+,36?,37-/m0/s1. The molecule has 52 heavy (non-hydrogen) atoms. The third kappa shape index (κ3) is 9.45. The molecule has 1 amide bonds. The Balaban J connectivity index is 1.63. The average molecular weight is 748 g/mol. The number of ether oxygens (including phenoxy) is 6. The molecule has 14 nitrogen and oxygen atoms in total. The second kappa shape index (κ2) is 16.5. The maximum absolute atomic E-state index is 14.8. The lowest BCUT2D eigenvalue weighted by Gasteiger charge is -2.59. The van der Waals surface area contributed by atoms with Gasteiger partial charge in [0.05, 0.1) is 12.6 Å². The molecule has 4 bridgehead atoms. The first-order valence-corrected chi connectivity index (χ1v) is 18.6. The van der Waals surface area contributed by atoms with E-state index in [9.17, 15) is 33.9 Å². The van der Waals surface area contributed by atoms with Gasteiger partial charge in [-0.25, -0.2) is 4.79 Å². The Morgan fingerprint density at radius 1 is 0.827 bits per heavy atom. The molecule has 286 valence electrons. The highest BCUT2D eigenvalue weighted by molar-refractivity contribution is 8.02. The molecule has 1 aromatic rings. The number of thioether (sulfide) groups is 1. The van der Waals surface area contributed by atoms with Gasteiger partial charge in [0.2, 0.25) is 10.8 Å². The topological polar surface area (TPSA) is 190 Å². The number of carbonyl (C=O) groups excluding carboxylic acids is 6. The van der Waals surface area contributed by atoms with E-state index in [2.05, 4.69) is 5.32 Å². The first-order chi connectivity index (χ1) is 24.6. The molecule has 6 atom stereocenters. The van der Waals surface area contributed by atoms with Crippen molar-refractivity contribution in [2.24, 2.45) is 17.8 Å². The lowest BCUT2D eigenvalue weighted by molar-refractivity contribution is -0.225. The molecule has 5 fully saturated rings. The summed E-state index contributed by atoms with van der Waals surface area (Å²) in [7, 11) is 0. The molecule has 15 heteroatoms. The van der Waals surface area contributed by atoms with E-state index >= 15 is 0 Å². The fraction of sp³-hybridized carbons (Fsp3) is 0.676. The molecule has 5 aliphatic rings. The van der Waals surface area contributed by atoms with Gasteiger partial charge in [-0.05, 0) is 67.4 Å². The van der Waals surface area contributed by atoms with Crippen molar-refractivity contribution < 1.29 is 62.3 Å². The summed E-state index contributed by atoms with van der Waals surface area (Å²) >= 11 is 1.33. The van der Waals surface area contributed by atoms with Crippen molar-refractivity contribution in [1.29, 1.82) is 0 Å². The molecule has 1 heterocycles. The van der Waals surface area contributed by atoms with Crippen LogP contribution in [0, 0.1) is 17.8 Å². The maximum atomic E-state index is 14.8. The van der Waals surface area contributed by atoms with Gasteiger partial charge in [-0.15, -0.1) is 11.8 Å². The van der Waals surface area contributed by atoms with E-state index in [1.54, 1.807) is 24.3 Å². The minimum Gasteiger partial charge on any atom is -0.462 e. The van der Waals surface area contributed by atoms with Gasteiger partial charge in [0.25, 0.3) is 0 Å². The van der Waals surface area contributed by atoms with E-state index in [-0.39, 0.29) is 19.6 Å². The van der Waals surface area contributed by atoms with Crippen molar-refractivity contribution >= 4 is 47.5 Å². The Hall–Kier alpha value is -3.69. The summed E-state index contributed by atoms with van der Waals surface area (Å²) in [4.78, 5) is 75.4. The maximum Gasteiger partial charge on any atom is 0.349 e. The number of hydrogen-bond acceptors (Lipinski definition) is 14. The molecule has 1 aromatic carbocycles. The van der Waals surface area contributed by atoms with Crippen molar-refractivity contribution in [3.63, 3.8) is 0 Å². The quantitative estimate of drug-likeness (QED) is 0.208. The highest BCUT2D eigenvalue weighted by atomic mass is 32.2. The van der Waals surface area contributed by atoms with Gasteiger partial charge in [0.1, 0.15) is 25.4 Å². The predicted molar refractivity (Wildman–Crippen MR) is 184 cm³/mol. The van der Waals surface area contributed by atoms with E-state index in [4.69, 9.17) is 28.4 Å². The number of aliphatic hydroxyl groups is 1. The zero-order valence-corrected chi connectivity index (χ0v) is 31.1. The Bertz CT molecular complexity index is 1500. The largest absolute Gasteiger partial charge is 0.462 e. The third-order valence-electron chi connectivity index (χ3n) is 10.3. The summed E-state index contributed by atoms with van der Waals surface area (Å²) in [5.41, 5.74) is 1.14. The molecule has 0 aromatic heterocycles. The molecule has 0 radical (unpaired) electrons. The second-order valence-corrected chi connectivity index (χ2v) is 16.4. The molecule has 0 spiro atoms. The van der Waals surface area contributed by atoms with E-state index < -0.39 is 82.5 Å². The van der Waals surface area contributed by atoms with Crippen molar-refractivity contribution in [2.45, 2.75) is 133 Å². The normalized spacial score (nSPS) is 31.4. The van der Waals surface area contributed by atoms with E-state index in [0.717, 1.165) is 59.3 Å². The molecule has 6 rings (SSSR count). The third-order valence-corrected chi connectivity index (χ3v) is 12.0. The Labute approximate surface area is 307 Å². The molecule has 4 saturated carbocycles. The Morgan fingerprint density at radius 2 is 1.42 bits per heavy atom. The van der Waals surface area contributed by atoms with E-state index in [1.807, 2.05) is 0 Å². The first-order valence-electron chi connectivity index (χ1n) is 17.8. The zero-order chi connectivity index (χ0) is 37.8. The smallest absolute Gasteiger partial charge is 0.349 e. The average Bonchev–Trinajstić information content (AvgIpc) is 3.04. The molecule has 4 aliphatic carbocycles. The SMILES string of the molecule is CC(=O)N[C@H]1[C@H]([C@H](OC(C)=O)[C@@H](COC(C)=O)OC(C)=O)O[C@@](SC23CC4CC(CC(C4)C2)C3)(C(=O)OCc2ccccc2CO)C[C@@H]1OC(C)=O. The fourth-order valence-corrected chi connectivity index (χ4v) is 11.2. The molecule has 1 saturated heterocycles. The van der Waals surface area contributed by atoms with Crippen LogP contribution in [0.5, 0.6) is 0 Å². The first kappa shape index (κ1) is 39.5. The van der Waals surface area contributed by atoms with Crippen LogP contribution in [0.4, 0.5) is 0 Å². The number of carbonyl (C=O) groups is 6. The Morgan fingerprint density at radius 3 is 1.94 bits per heavy atom. The predicted octanol–water partition coefficient (Wildman–Crippen LogP) is 3.27. The van der Waals surface area contributed by atoms with Crippen LogP contribution >= 0.6 is 11.8 Å². The fourth-order valence-electron chi connectivity index (χ4n) is 8.96. The minimum absolute atomic E-state index is 0.212. The molecular weight excluding hydrogens is 698 g/mol. The van der Waals surface area contributed by atoms with Gasteiger partial charge in [-0.3, -0.25) is 24.0 Å². The number of benzene rings is 1. The van der Waals surface area contributed by atoms with Crippen LogP contribution in [0.15, 0.2) is 24.3 Å². The van der Waals surface area contributed by atoms with Gasteiger partial charge >= 0.3 is 29.8 Å². The van der Waals surface area contributed by atoms with Crippen LogP contribution in [-0.2, 0) is 70.4 Å². The van der Waals surface area contributed by atoms with E-state index in [1.165, 1.54) is 25.6 Å². The van der Waals surface area contributed by atoms with Gasteiger partial charge in [-0.1, -0.05) is 24.3 Å². The number of amides is 1. The van der Waals surface area contributed by atoms with Crippen molar-refractivity contribution in [3.8, 4) is 0 Å². The molecule has 0 unspecified atom stereocenters. The van der Waals surface area contributed by atoms with Gasteiger partial charge in [-0.2, -0.15) is 0 Å². The van der Waals surface area contributed by atoms with Crippen LogP contribution in [0.3, 0.4) is 0 Å². The lowest BCUT2D eigenvalue weighted by atomic mass is 9.56. The second-order valence-electron chi connectivity index (χ2n) is 14.6. The highest BCUT2D eigenvalue weighted by Crippen LogP contribution is 2.64. The Kier molecular flexibility index (Phi) is 12.6. The van der Waals surface area contributed by atoms with Gasteiger partial charge < -0.3 is 38.8 Å². The highest BCUT2D eigenvalue weighted by Gasteiger charge is 2.63. The van der Waals surface area contributed by atoms with Crippen molar-refractivity contribution in [2.75, 3.05) is 6.61 Å². The molecule has 2 N–H and O–H groups in total. The molecule has 1 aliphatic heterocycles. The summed E-state index contributed by atoms with van der Waals surface area (Å²) < 4.78 is 34.9. The number of hydrogen-bond donors (Lipinski definition) is 2. The van der Waals surface area contributed by atoms with Crippen LogP contribution in [0.25, 0.3) is 0 Å². The number of rotatable bonds is 14. The summed E-state index contributed by atoms with van der Waals surface area (Å²) in [5.74, 6) is -2.96. The van der Waals surface area contributed by atoms with Gasteiger partial charge in [0.15, 0.2) is 12.2 Å². The van der Waals surface area contributed by atoms with Gasteiger partial charge in [0, 0.05) is 45.8 Å². The summed E-state index contributed by atoms with van der Waals surface area (Å²) in [6.07, 6.45) is -0.122. The monoisotopic (exact) mass is 747 g/mol. The lowest BCUT2D eigenvalue weighted by Crippen LogP contribution is -2.68. The van der Waals surface area contributed by atoms with Crippen LogP contribution in [-0.4, -0.2) is 87.6 Å². The van der Waals surface area contributed by atoms with E-state index in [0.29, 0.717) is 28.9 Å². The zero-order valence-electron chi connectivity index (χ0n) is 30.3. The number of aliphatic hydroxyl groups excluding tert-OH is 1. The minimum atomic E-state index is -1.89. The van der Waals surface area contributed by atoms with Crippen molar-refractivity contribution in [1.82, 2.24) is 5.32 Å². The van der Waals surface area contributed by atoms with Crippen LogP contribution < -0.4 is 5.32 Å². The van der Waals surface area contributed by atoms with Crippen LogP contribution in [0.2, 0.25) is 0 Å².